The summed E-state index contributed by atoms with van der Waals surface area (Å²) in [5, 5.41) is 2.84. The minimum Gasteiger partial charge on any atom is -0.382 e. The van der Waals surface area contributed by atoms with E-state index < -0.39 is 54.5 Å². The van der Waals surface area contributed by atoms with Crippen molar-refractivity contribution in [3.8, 4) is 0 Å². The van der Waals surface area contributed by atoms with Crippen LogP contribution < -0.4 is 5.73 Å². The molecule has 0 bridgehead atoms. The van der Waals surface area contributed by atoms with Gasteiger partial charge < -0.3 is 34.8 Å². The van der Waals surface area contributed by atoms with E-state index in [1.165, 1.54) is 10.9 Å². The predicted molar refractivity (Wildman–Crippen MR) is 112 cm³/mol. The van der Waals surface area contributed by atoms with Crippen LogP contribution in [0.25, 0.3) is 21.6 Å². The molecule has 6 atom stereocenters. The van der Waals surface area contributed by atoms with E-state index in [1.807, 2.05) is 0 Å². The smallest absolute Gasteiger partial charge is 0.382 e. The van der Waals surface area contributed by atoms with Gasteiger partial charge in [0, 0.05) is 18.3 Å². The Morgan fingerprint density at radius 2 is 1.97 bits per heavy atom. The lowest BCUT2D eigenvalue weighted by molar-refractivity contribution is -0.178. The maximum Gasteiger partial charge on any atom is 0.490 e. The topological polar surface area (TPSA) is 297 Å². The standard InChI is InChI=1S/C12H18FN8O12P3/c1-12(13,19-20-15)31-6-2-8(21-5-18-9-10(14)16-4-17-11(9)21)30-7(6)3-29-35(25,26)33-36(27,28)32-34(22,23)24/h4-8H,2-3H2,1H3,(H,25,26)(H,27,28)(H2,14,16,17)(H2,22,23,24)/t6?,7-,8-,12?/m1/s1. The fourth-order valence-corrected chi connectivity index (χ4v) is 6.11. The van der Waals surface area contributed by atoms with Crippen LogP contribution >= 0.6 is 23.5 Å². The summed E-state index contributed by atoms with van der Waals surface area (Å²) >= 11 is 0. The molecule has 36 heavy (non-hydrogen) atoms. The number of phosphoric ester groups is 1. The van der Waals surface area contributed by atoms with E-state index in [9.17, 15) is 27.9 Å². The maximum absolute atomic E-state index is 14.5. The van der Waals surface area contributed by atoms with Crippen LogP contribution in [0, 0.1) is 0 Å². The first-order chi connectivity index (χ1) is 16.5. The Morgan fingerprint density at radius 3 is 2.61 bits per heavy atom. The number of imidazole rings is 1. The Hall–Kier alpha value is -2.08. The largest absolute Gasteiger partial charge is 0.490 e. The second kappa shape index (κ2) is 10.4. The first kappa shape index (κ1) is 28.5. The minimum atomic E-state index is -5.77. The number of rotatable bonds is 11. The SMILES string of the molecule is CC(F)(N=[N+]=[N-])OC1C[C@H](n2cnc3c(N)ncnc32)O[C@@H]1COP(=O)(O)OP(=O)(O)OP(=O)(O)O. The zero-order valence-electron chi connectivity index (χ0n) is 17.8. The molecule has 1 aliphatic rings. The van der Waals surface area contributed by atoms with Crippen molar-refractivity contribution in [2.45, 2.75) is 37.8 Å². The molecule has 0 spiro atoms. The summed E-state index contributed by atoms with van der Waals surface area (Å²) in [6.45, 7) is -0.180. The molecule has 4 unspecified atom stereocenters. The molecule has 0 aromatic carbocycles. The van der Waals surface area contributed by atoms with Gasteiger partial charge in [-0.3, -0.25) is 9.09 Å². The number of azide groups is 1. The average molecular weight is 578 g/mol. The van der Waals surface area contributed by atoms with Crippen LogP contribution in [0.2, 0.25) is 0 Å². The number of anilines is 1. The fourth-order valence-electron chi connectivity index (χ4n) is 3.08. The number of phosphoric acid groups is 3. The molecule has 1 aliphatic heterocycles. The molecular weight excluding hydrogens is 560 g/mol. The van der Waals surface area contributed by atoms with Gasteiger partial charge in [0.15, 0.2) is 11.5 Å². The van der Waals surface area contributed by atoms with Gasteiger partial charge in [0.05, 0.1) is 19.0 Å². The summed E-state index contributed by atoms with van der Waals surface area (Å²) in [6, 6.07) is 0. The molecular formula is C12H18FN8O12P3. The molecule has 200 valence electrons. The van der Waals surface area contributed by atoms with Crippen LogP contribution in [-0.2, 0) is 36.3 Å². The zero-order valence-corrected chi connectivity index (χ0v) is 20.5. The Balaban J connectivity index is 1.80. The predicted octanol–water partition coefficient (Wildman–Crippen LogP) is 1.38. The number of nitrogens with two attached hydrogens (primary N) is 1. The van der Waals surface area contributed by atoms with E-state index in [-0.39, 0.29) is 23.4 Å². The van der Waals surface area contributed by atoms with Gasteiger partial charge in [-0.2, -0.15) is 8.62 Å². The zero-order chi connectivity index (χ0) is 26.9. The second-order valence-electron chi connectivity index (χ2n) is 7.05. The molecule has 0 saturated carbocycles. The number of ether oxygens (including phenoxy) is 2. The van der Waals surface area contributed by atoms with Gasteiger partial charge in [-0.1, -0.05) is 0 Å². The molecule has 1 saturated heterocycles. The van der Waals surface area contributed by atoms with Gasteiger partial charge >= 0.3 is 23.5 Å². The number of aromatic nitrogens is 4. The van der Waals surface area contributed by atoms with Crippen LogP contribution in [0.4, 0.5) is 10.2 Å². The minimum absolute atomic E-state index is 0.0495. The summed E-state index contributed by atoms with van der Waals surface area (Å²) in [5.41, 5.74) is 14.7. The molecule has 3 heterocycles. The number of nitrogens with zero attached hydrogens (tertiary/aromatic N) is 7. The first-order valence-electron chi connectivity index (χ1n) is 9.31. The van der Waals surface area contributed by atoms with Crippen molar-refractivity contribution in [2.24, 2.45) is 5.11 Å². The third-order valence-corrected chi connectivity index (χ3v) is 8.09. The number of halogens is 1. The monoisotopic (exact) mass is 578 g/mol. The van der Waals surface area contributed by atoms with Crippen molar-refractivity contribution < 1.29 is 60.3 Å². The Bertz CT molecular complexity index is 1310. The van der Waals surface area contributed by atoms with E-state index in [1.54, 1.807) is 0 Å². The molecule has 20 nitrogen and oxygen atoms in total. The van der Waals surface area contributed by atoms with Crippen LogP contribution in [0.1, 0.15) is 19.6 Å². The third kappa shape index (κ3) is 7.47. The Labute approximate surface area is 199 Å². The molecule has 1 fully saturated rings. The van der Waals surface area contributed by atoms with E-state index in [0.717, 1.165) is 13.3 Å². The van der Waals surface area contributed by atoms with E-state index in [2.05, 4.69) is 38.1 Å². The van der Waals surface area contributed by atoms with Crippen molar-refractivity contribution in [3.63, 3.8) is 0 Å². The number of hydrogen-bond acceptors (Lipinski definition) is 13. The molecule has 0 aliphatic carbocycles. The highest BCUT2D eigenvalue weighted by molar-refractivity contribution is 7.66. The molecule has 24 heteroatoms. The van der Waals surface area contributed by atoms with Gasteiger partial charge in [-0.15, -0.1) is 0 Å². The normalized spacial score (nSPS) is 25.6. The molecule has 6 N–H and O–H groups in total. The molecule has 2 aromatic heterocycles. The van der Waals surface area contributed by atoms with Gasteiger partial charge in [0.2, 0.25) is 0 Å². The lowest BCUT2D eigenvalue weighted by atomic mass is 10.2. The highest BCUT2D eigenvalue weighted by atomic mass is 31.3. The number of hydrogen-bond donors (Lipinski definition) is 5. The van der Waals surface area contributed by atoms with Crippen molar-refractivity contribution in [1.82, 2.24) is 19.5 Å². The van der Waals surface area contributed by atoms with Crippen LogP contribution in [0.5, 0.6) is 0 Å². The van der Waals surface area contributed by atoms with E-state index in [4.69, 9.17) is 30.5 Å². The highest BCUT2D eigenvalue weighted by Gasteiger charge is 2.45. The van der Waals surface area contributed by atoms with Crippen LogP contribution in [0.15, 0.2) is 17.8 Å². The average Bonchev–Trinajstić information content (AvgIpc) is 3.28. The maximum atomic E-state index is 14.5. The summed E-state index contributed by atoms with van der Waals surface area (Å²) in [4.78, 5) is 50.3. The number of nitrogen functional groups attached to an aromatic ring is 1. The quantitative estimate of drug-likeness (QED) is 0.0826. The van der Waals surface area contributed by atoms with Gasteiger partial charge in [-0.05, 0) is 10.6 Å². The summed E-state index contributed by atoms with van der Waals surface area (Å²) in [5.74, 6) is -2.84. The second-order valence-corrected chi connectivity index (χ2v) is 11.5. The lowest BCUT2D eigenvalue weighted by Crippen LogP contribution is -2.35. The summed E-state index contributed by atoms with van der Waals surface area (Å²) in [7, 11) is -16.9. The van der Waals surface area contributed by atoms with Crippen molar-refractivity contribution in [2.75, 3.05) is 12.3 Å². The Morgan fingerprint density at radius 1 is 1.28 bits per heavy atom. The number of alkyl halides is 1. The third-order valence-electron chi connectivity index (χ3n) is 4.29. The van der Waals surface area contributed by atoms with Crippen LogP contribution in [-0.4, -0.2) is 63.9 Å². The molecule has 2 aromatic rings. The highest BCUT2D eigenvalue weighted by Crippen LogP contribution is 2.66. The van der Waals surface area contributed by atoms with Gasteiger partial charge in [0.1, 0.15) is 24.2 Å². The Kier molecular flexibility index (Phi) is 8.19. The number of fused-ring (bicyclic) bond motifs is 1. The van der Waals surface area contributed by atoms with Crippen molar-refractivity contribution in [1.29, 1.82) is 0 Å². The summed E-state index contributed by atoms with van der Waals surface area (Å²) < 4.78 is 72.7. The van der Waals surface area contributed by atoms with Crippen molar-refractivity contribution in [3.05, 3.63) is 23.1 Å². The van der Waals surface area contributed by atoms with Crippen molar-refractivity contribution >= 4 is 40.4 Å². The first-order valence-corrected chi connectivity index (χ1v) is 13.8. The fraction of sp³-hybridized carbons (Fsp3) is 0.583. The molecule has 0 amide bonds. The van der Waals surface area contributed by atoms with E-state index >= 15 is 0 Å². The van der Waals surface area contributed by atoms with Gasteiger partial charge in [-0.25, -0.2) is 33.0 Å². The summed E-state index contributed by atoms with van der Waals surface area (Å²) in [6.07, 6.45) is -1.50. The molecule has 0 radical (unpaired) electrons. The van der Waals surface area contributed by atoms with Gasteiger partial charge in [0.25, 0.3) is 5.98 Å². The molecule has 3 rings (SSSR count). The van der Waals surface area contributed by atoms with Crippen LogP contribution in [0.3, 0.4) is 0 Å². The lowest BCUT2D eigenvalue weighted by Gasteiger charge is -2.24. The van der Waals surface area contributed by atoms with E-state index in [0.29, 0.717) is 0 Å².